The molecule has 0 radical (unpaired) electrons. The molecule has 0 unspecified atom stereocenters. The average Bonchev–Trinajstić information content (AvgIpc) is 3.22. The maximum atomic E-state index is 14.0. The molecule has 0 N–H and O–H groups in total. The molecule has 2 heterocycles. The SMILES string of the molecule is COc1ccc(CN(C)C(=O)Cn2cnc3scc(-c4ccc(C)c(C)c4)c3c2=O)cc1F. The molecule has 0 fully saturated rings. The lowest BCUT2D eigenvalue weighted by Gasteiger charge is -2.18. The maximum absolute atomic E-state index is 14.0. The highest BCUT2D eigenvalue weighted by Crippen LogP contribution is 2.31. The first-order chi connectivity index (χ1) is 15.8. The fourth-order valence-corrected chi connectivity index (χ4v) is 4.54. The molecule has 2 aromatic carbocycles. The van der Waals surface area contributed by atoms with E-state index in [0.717, 1.165) is 16.7 Å². The Balaban J connectivity index is 1.59. The Kier molecular flexibility index (Phi) is 6.29. The van der Waals surface area contributed by atoms with Crippen LogP contribution in [0.5, 0.6) is 5.75 Å². The van der Waals surface area contributed by atoms with Gasteiger partial charge in [0.15, 0.2) is 11.6 Å². The van der Waals surface area contributed by atoms with Crippen molar-refractivity contribution in [2.45, 2.75) is 26.9 Å². The van der Waals surface area contributed by atoms with Crippen LogP contribution in [0.1, 0.15) is 16.7 Å². The number of likely N-dealkylation sites (N-methyl/N-ethyl adjacent to an activating group) is 1. The van der Waals surface area contributed by atoms with Gasteiger partial charge in [0, 0.05) is 24.5 Å². The van der Waals surface area contributed by atoms with Gasteiger partial charge in [-0.05, 0) is 48.2 Å². The number of carbonyl (C=O) groups excluding carboxylic acids is 1. The van der Waals surface area contributed by atoms with Gasteiger partial charge in [-0.25, -0.2) is 9.37 Å². The molecule has 4 aromatic rings. The minimum absolute atomic E-state index is 0.147. The topological polar surface area (TPSA) is 64.4 Å². The number of amides is 1. The van der Waals surface area contributed by atoms with Crippen LogP contribution in [0, 0.1) is 19.7 Å². The Bertz CT molecular complexity index is 1410. The van der Waals surface area contributed by atoms with E-state index in [1.165, 1.54) is 51.9 Å². The van der Waals surface area contributed by atoms with Crippen molar-refractivity contribution in [3.8, 4) is 16.9 Å². The number of rotatable bonds is 6. The van der Waals surface area contributed by atoms with Crippen molar-refractivity contribution in [2.75, 3.05) is 14.2 Å². The van der Waals surface area contributed by atoms with Crippen LogP contribution < -0.4 is 10.3 Å². The third kappa shape index (κ3) is 4.52. The zero-order valence-corrected chi connectivity index (χ0v) is 19.7. The van der Waals surface area contributed by atoms with Gasteiger partial charge >= 0.3 is 0 Å². The smallest absolute Gasteiger partial charge is 0.263 e. The molecule has 0 saturated carbocycles. The van der Waals surface area contributed by atoms with Crippen molar-refractivity contribution in [3.05, 3.63) is 81.0 Å². The van der Waals surface area contributed by atoms with Gasteiger partial charge in [0.2, 0.25) is 5.91 Å². The van der Waals surface area contributed by atoms with Crippen molar-refractivity contribution in [3.63, 3.8) is 0 Å². The number of ether oxygens (including phenoxy) is 1. The minimum Gasteiger partial charge on any atom is -0.494 e. The predicted octanol–water partition coefficient (Wildman–Crippen LogP) is 4.55. The molecule has 1 amide bonds. The molecule has 0 aliphatic heterocycles. The van der Waals surface area contributed by atoms with E-state index in [4.69, 9.17) is 4.74 Å². The van der Waals surface area contributed by atoms with E-state index in [9.17, 15) is 14.0 Å². The van der Waals surface area contributed by atoms with Gasteiger partial charge in [0.25, 0.3) is 5.56 Å². The van der Waals surface area contributed by atoms with Crippen molar-refractivity contribution in [1.29, 1.82) is 0 Å². The number of benzene rings is 2. The maximum Gasteiger partial charge on any atom is 0.263 e. The fraction of sp³-hybridized carbons (Fsp3) is 0.240. The Morgan fingerprint density at radius 3 is 2.67 bits per heavy atom. The van der Waals surface area contributed by atoms with Crippen LogP contribution >= 0.6 is 11.3 Å². The highest BCUT2D eigenvalue weighted by Gasteiger charge is 2.17. The first-order valence-electron chi connectivity index (χ1n) is 10.4. The van der Waals surface area contributed by atoms with Crippen LogP contribution in [0.4, 0.5) is 4.39 Å². The first kappa shape index (κ1) is 22.7. The molecule has 0 spiro atoms. The van der Waals surface area contributed by atoms with Gasteiger partial charge in [-0.1, -0.05) is 24.3 Å². The van der Waals surface area contributed by atoms with Crippen molar-refractivity contribution < 1.29 is 13.9 Å². The molecular formula is C25H24FN3O3S. The molecule has 0 aliphatic carbocycles. The normalized spacial score (nSPS) is 11.1. The number of nitrogens with zero attached hydrogens (tertiary/aromatic N) is 3. The quantitative estimate of drug-likeness (QED) is 0.419. The number of aryl methyl sites for hydroxylation is 2. The van der Waals surface area contributed by atoms with E-state index in [1.807, 2.05) is 31.4 Å². The Labute approximate surface area is 194 Å². The first-order valence-corrected chi connectivity index (χ1v) is 11.3. The molecule has 0 aliphatic rings. The second kappa shape index (κ2) is 9.15. The third-order valence-electron chi connectivity index (χ3n) is 5.75. The van der Waals surface area contributed by atoms with E-state index >= 15 is 0 Å². The largest absolute Gasteiger partial charge is 0.494 e. The minimum atomic E-state index is -0.488. The van der Waals surface area contributed by atoms with Crippen LogP contribution in [-0.4, -0.2) is 34.5 Å². The fourth-order valence-electron chi connectivity index (χ4n) is 3.64. The molecule has 6 nitrogen and oxygen atoms in total. The number of aromatic nitrogens is 2. The van der Waals surface area contributed by atoms with E-state index in [0.29, 0.717) is 15.8 Å². The van der Waals surface area contributed by atoms with Crippen LogP contribution in [0.25, 0.3) is 21.3 Å². The van der Waals surface area contributed by atoms with Gasteiger partial charge < -0.3 is 9.64 Å². The van der Waals surface area contributed by atoms with Crippen molar-refractivity contribution >= 4 is 27.5 Å². The lowest BCUT2D eigenvalue weighted by atomic mass is 10.0. The summed E-state index contributed by atoms with van der Waals surface area (Å²) < 4.78 is 20.2. The Hall–Kier alpha value is -3.52. The Morgan fingerprint density at radius 1 is 1.18 bits per heavy atom. The molecule has 2 aromatic heterocycles. The third-order valence-corrected chi connectivity index (χ3v) is 6.63. The van der Waals surface area contributed by atoms with Crippen LogP contribution in [0.3, 0.4) is 0 Å². The molecule has 0 bridgehead atoms. The van der Waals surface area contributed by atoms with E-state index in [2.05, 4.69) is 11.1 Å². The van der Waals surface area contributed by atoms with Crippen molar-refractivity contribution in [2.24, 2.45) is 0 Å². The lowest BCUT2D eigenvalue weighted by molar-refractivity contribution is -0.131. The molecule has 33 heavy (non-hydrogen) atoms. The average molecular weight is 466 g/mol. The summed E-state index contributed by atoms with van der Waals surface area (Å²) in [5.41, 5.74) is 4.46. The molecule has 170 valence electrons. The molecule has 4 rings (SSSR count). The zero-order chi connectivity index (χ0) is 23.7. The highest BCUT2D eigenvalue weighted by molar-refractivity contribution is 7.17. The van der Waals surface area contributed by atoms with Gasteiger partial charge in [0.1, 0.15) is 11.4 Å². The molecule has 8 heteroatoms. The second-order valence-electron chi connectivity index (χ2n) is 8.02. The second-order valence-corrected chi connectivity index (χ2v) is 8.88. The summed E-state index contributed by atoms with van der Waals surface area (Å²) >= 11 is 1.41. The van der Waals surface area contributed by atoms with Crippen LogP contribution in [-0.2, 0) is 17.9 Å². The lowest BCUT2D eigenvalue weighted by Crippen LogP contribution is -2.33. The zero-order valence-electron chi connectivity index (χ0n) is 18.9. The predicted molar refractivity (Wildman–Crippen MR) is 128 cm³/mol. The number of halogens is 1. The van der Waals surface area contributed by atoms with Gasteiger partial charge in [-0.2, -0.15) is 0 Å². The molecular weight excluding hydrogens is 441 g/mol. The molecule has 0 saturated heterocycles. The number of fused-ring (bicyclic) bond motifs is 1. The number of methoxy groups -OCH3 is 1. The number of thiophene rings is 1. The summed E-state index contributed by atoms with van der Waals surface area (Å²) in [5.74, 6) is -0.621. The van der Waals surface area contributed by atoms with Crippen LogP contribution in [0.2, 0.25) is 0 Å². The van der Waals surface area contributed by atoms with Crippen LogP contribution in [0.15, 0.2) is 52.9 Å². The van der Waals surface area contributed by atoms with Crippen molar-refractivity contribution in [1.82, 2.24) is 14.5 Å². The van der Waals surface area contributed by atoms with Gasteiger partial charge in [0.05, 0.1) is 18.8 Å². The van der Waals surface area contributed by atoms with E-state index < -0.39 is 5.82 Å². The number of hydrogen-bond acceptors (Lipinski definition) is 5. The summed E-state index contributed by atoms with van der Waals surface area (Å²) in [6.07, 6.45) is 1.41. The summed E-state index contributed by atoms with van der Waals surface area (Å²) in [4.78, 5) is 32.6. The summed E-state index contributed by atoms with van der Waals surface area (Å²) in [6, 6.07) is 10.6. The summed E-state index contributed by atoms with van der Waals surface area (Å²) in [5, 5.41) is 2.44. The summed E-state index contributed by atoms with van der Waals surface area (Å²) in [6.45, 7) is 4.13. The van der Waals surface area contributed by atoms with Gasteiger partial charge in [-0.15, -0.1) is 11.3 Å². The monoisotopic (exact) mass is 465 g/mol. The number of carbonyl (C=O) groups is 1. The Morgan fingerprint density at radius 2 is 1.97 bits per heavy atom. The standard InChI is InChI=1S/C25H24FN3O3S/c1-15-5-7-18(9-16(15)2)19-13-33-24-23(19)25(31)29(14-27-24)12-22(30)28(3)11-17-6-8-21(32-4)20(26)10-17/h5-10,13-14H,11-12H2,1-4H3. The summed E-state index contributed by atoms with van der Waals surface area (Å²) in [7, 11) is 3.02. The molecule has 0 atom stereocenters. The van der Waals surface area contributed by atoms with E-state index in [-0.39, 0.29) is 30.3 Å². The van der Waals surface area contributed by atoms with Gasteiger partial charge in [-0.3, -0.25) is 14.2 Å². The number of hydrogen-bond donors (Lipinski definition) is 0. The van der Waals surface area contributed by atoms with E-state index in [1.54, 1.807) is 13.1 Å². The highest BCUT2D eigenvalue weighted by atomic mass is 32.1.